The van der Waals surface area contributed by atoms with Gasteiger partial charge in [-0.15, -0.1) is 0 Å². The number of nitrogens with zero attached hydrogens (tertiary/aromatic N) is 1. The zero-order valence-corrected chi connectivity index (χ0v) is 9.10. The number of hydrogen-bond acceptors (Lipinski definition) is 3. The monoisotopic (exact) mass is 220 g/mol. The minimum atomic E-state index is -0.408. The number of carbonyl (C=O) groups excluding carboxylic acids is 1. The zero-order chi connectivity index (χ0) is 11.4. The van der Waals surface area contributed by atoms with E-state index in [2.05, 4.69) is 10.3 Å². The molecule has 1 aliphatic carbocycles. The molecule has 0 saturated heterocycles. The molecule has 4 nitrogen and oxygen atoms in total. The topological polar surface area (TPSA) is 62.2 Å². The van der Waals surface area contributed by atoms with Gasteiger partial charge in [0.2, 0.25) is 0 Å². The summed E-state index contributed by atoms with van der Waals surface area (Å²) in [6.45, 7) is 0. The molecule has 0 radical (unpaired) electrons. The van der Waals surface area contributed by atoms with E-state index in [0.29, 0.717) is 5.56 Å². The third-order valence-corrected chi connectivity index (χ3v) is 2.97. The Morgan fingerprint density at radius 1 is 1.44 bits per heavy atom. The highest BCUT2D eigenvalue weighted by atomic mass is 16.3. The first-order valence-corrected chi connectivity index (χ1v) is 5.66. The van der Waals surface area contributed by atoms with Crippen LogP contribution in [0.15, 0.2) is 24.5 Å². The molecule has 16 heavy (non-hydrogen) atoms. The van der Waals surface area contributed by atoms with Gasteiger partial charge in [0.1, 0.15) is 0 Å². The van der Waals surface area contributed by atoms with Gasteiger partial charge in [-0.3, -0.25) is 9.78 Å². The molecule has 0 bridgehead atoms. The van der Waals surface area contributed by atoms with Crippen LogP contribution < -0.4 is 5.32 Å². The second-order valence-electron chi connectivity index (χ2n) is 4.17. The average molecular weight is 220 g/mol. The molecule has 1 heterocycles. The van der Waals surface area contributed by atoms with Gasteiger partial charge in [0.15, 0.2) is 0 Å². The Balaban J connectivity index is 1.96. The standard InChI is InChI=1S/C12H16N2O2/c15-11-6-2-1-5-10(11)14-12(16)9-4-3-7-13-8-9/h3-4,7-8,10-11,15H,1-2,5-6H2,(H,14,16)/t10-,11-/m0/s1. The van der Waals surface area contributed by atoms with Crippen molar-refractivity contribution in [2.45, 2.75) is 37.8 Å². The van der Waals surface area contributed by atoms with E-state index in [1.807, 2.05) is 0 Å². The molecule has 2 N–H and O–H groups in total. The Morgan fingerprint density at radius 2 is 2.25 bits per heavy atom. The molecule has 0 spiro atoms. The van der Waals surface area contributed by atoms with Gasteiger partial charge in [-0.2, -0.15) is 0 Å². The van der Waals surface area contributed by atoms with E-state index in [1.165, 1.54) is 6.20 Å². The van der Waals surface area contributed by atoms with Gasteiger partial charge >= 0.3 is 0 Å². The van der Waals surface area contributed by atoms with Crippen LogP contribution in [-0.4, -0.2) is 28.1 Å². The fourth-order valence-electron chi connectivity index (χ4n) is 2.03. The van der Waals surface area contributed by atoms with Gasteiger partial charge in [-0.25, -0.2) is 0 Å². The Morgan fingerprint density at radius 3 is 2.94 bits per heavy atom. The minimum absolute atomic E-state index is 0.110. The molecule has 0 unspecified atom stereocenters. The first-order chi connectivity index (χ1) is 7.77. The second kappa shape index (κ2) is 5.07. The fraction of sp³-hybridized carbons (Fsp3) is 0.500. The maximum Gasteiger partial charge on any atom is 0.253 e. The van der Waals surface area contributed by atoms with Crippen LogP contribution in [0.5, 0.6) is 0 Å². The van der Waals surface area contributed by atoms with Gasteiger partial charge in [-0.1, -0.05) is 12.8 Å². The molecule has 4 heteroatoms. The average Bonchev–Trinajstić information content (AvgIpc) is 2.33. The number of nitrogens with one attached hydrogen (secondary N) is 1. The van der Waals surface area contributed by atoms with Crippen molar-refractivity contribution in [2.24, 2.45) is 0 Å². The Labute approximate surface area is 94.7 Å². The number of aliphatic hydroxyl groups is 1. The van der Waals surface area contributed by atoms with Crippen molar-refractivity contribution >= 4 is 5.91 Å². The molecule has 2 atom stereocenters. The number of rotatable bonds is 2. The van der Waals surface area contributed by atoms with Gasteiger partial charge in [-0.05, 0) is 25.0 Å². The molecule has 1 aliphatic rings. The number of pyridine rings is 1. The van der Waals surface area contributed by atoms with E-state index in [9.17, 15) is 9.90 Å². The van der Waals surface area contributed by atoms with Gasteiger partial charge in [0, 0.05) is 12.4 Å². The van der Waals surface area contributed by atoms with E-state index in [1.54, 1.807) is 18.3 Å². The van der Waals surface area contributed by atoms with Gasteiger partial charge in [0.25, 0.3) is 5.91 Å². The number of hydrogen-bond donors (Lipinski definition) is 2. The lowest BCUT2D eigenvalue weighted by atomic mass is 9.92. The van der Waals surface area contributed by atoms with E-state index in [-0.39, 0.29) is 11.9 Å². The number of amides is 1. The fourth-order valence-corrected chi connectivity index (χ4v) is 2.03. The maximum atomic E-state index is 11.8. The van der Waals surface area contributed by atoms with Crippen molar-refractivity contribution in [3.63, 3.8) is 0 Å². The van der Waals surface area contributed by atoms with E-state index >= 15 is 0 Å². The van der Waals surface area contributed by atoms with Crippen molar-refractivity contribution in [3.8, 4) is 0 Å². The highest BCUT2D eigenvalue weighted by Crippen LogP contribution is 2.18. The van der Waals surface area contributed by atoms with E-state index in [0.717, 1.165) is 25.7 Å². The molecule has 1 saturated carbocycles. The molecule has 0 aliphatic heterocycles. The lowest BCUT2D eigenvalue weighted by molar-refractivity contribution is 0.0717. The van der Waals surface area contributed by atoms with Crippen LogP contribution in [0.2, 0.25) is 0 Å². The van der Waals surface area contributed by atoms with Crippen LogP contribution in [0.3, 0.4) is 0 Å². The highest BCUT2D eigenvalue weighted by molar-refractivity contribution is 5.94. The third-order valence-electron chi connectivity index (χ3n) is 2.97. The predicted octanol–water partition coefficient (Wildman–Crippen LogP) is 1.11. The molecule has 1 amide bonds. The largest absolute Gasteiger partial charge is 0.391 e. The molecular weight excluding hydrogens is 204 g/mol. The number of aliphatic hydroxyl groups excluding tert-OH is 1. The first-order valence-electron chi connectivity index (χ1n) is 5.66. The first kappa shape index (κ1) is 11.1. The summed E-state index contributed by atoms with van der Waals surface area (Å²) < 4.78 is 0. The van der Waals surface area contributed by atoms with Crippen LogP contribution in [0.25, 0.3) is 0 Å². The van der Waals surface area contributed by atoms with E-state index < -0.39 is 6.10 Å². The van der Waals surface area contributed by atoms with Gasteiger partial charge in [0.05, 0.1) is 17.7 Å². The molecule has 1 aromatic heterocycles. The molecule has 86 valence electrons. The summed E-state index contributed by atoms with van der Waals surface area (Å²) in [5.41, 5.74) is 0.542. The smallest absolute Gasteiger partial charge is 0.253 e. The third kappa shape index (κ3) is 2.58. The summed E-state index contributed by atoms with van der Waals surface area (Å²) >= 11 is 0. The maximum absolute atomic E-state index is 11.8. The Hall–Kier alpha value is -1.42. The quantitative estimate of drug-likeness (QED) is 0.785. The van der Waals surface area contributed by atoms with Crippen LogP contribution >= 0.6 is 0 Å². The van der Waals surface area contributed by atoms with Crippen LogP contribution in [0, 0.1) is 0 Å². The van der Waals surface area contributed by atoms with Gasteiger partial charge < -0.3 is 10.4 Å². The molecule has 1 aromatic rings. The molecule has 2 rings (SSSR count). The highest BCUT2D eigenvalue weighted by Gasteiger charge is 2.24. The summed E-state index contributed by atoms with van der Waals surface area (Å²) in [4.78, 5) is 15.7. The zero-order valence-electron chi connectivity index (χ0n) is 9.10. The summed E-state index contributed by atoms with van der Waals surface area (Å²) in [5, 5.41) is 12.6. The molecular formula is C12H16N2O2. The summed E-state index contributed by atoms with van der Waals surface area (Å²) in [5.74, 6) is -0.154. The lowest BCUT2D eigenvalue weighted by Crippen LogP contribution is -2.45. The normalized spacial score (nSPS) is 25.1. The number of aromatic nitrogens is 1. The number of carbonyl (C=O) groups is 1. The SMILES string of the molecule is O=C(N[C@H]1CCCC[C@@H]1O)c1cccnc1. The van der Waals surface area contributed by atoms with E-state index in [4.69, 9.17) is 0 Å². The van der Waals surface area contributed by atoms with Crippen molar-refractivity contribution in [3.05, 3.63) is 30.1 Å². The summed E-state index contributed by atoms with van der Waals surface area (Å²) in [6.07, 6.45) is 6.49. The van der Waals surface area contributed by atoms with Crippen LogP contribution in [-0.2, 0) is 0 Å². The lowest BCUT2D eigenvalue weighted by Gasteiger charge is -2.28. The summed E-state index contributed by atoms with van der Waals surface area (Å²) in [7, 11) is 0. The summed E-state index contributed by atoms with van der Waals surface area (Å²) in [6, 6.07) is 3.34. The Bertz CT molecular complexity index is 353. The van der Waals surface area contributed by atoms with Crippen LogP contribution in [0.1, 0.15) is 36.0 Å². The van der Waals surface area contributed by atoms with Crippen LogP contribution in [0.4, 0.5) is 0 Å². The minimum Gasteiger partial charge on any atom is -0.391 e. The van der Waals surface area contributed by atoms with Crippen molar-refractivity contribution in [1.29, 1.82) is 0 Å². The van der Waals surface area contributed by atoms with Crippen molar-refractivity contribution in [2.75, 3.05) is 0 Å². The van der Waals surface area contributed by atoms with Crippen molar-refractivity contribution < 1.29 is 9.90 Å². The second-order valence-corrected chi connectivity index (χ2v) is 4.17. The predicted molar refractivity (Wildman–Crippen MR) is 60.0 cm³/mol. The Kier molecular flexibility index (Phi) is 3.51. The molecule has 0 aromatic carbocycles. The molecule has 1 fully saturated rings. The van der Waals surface area contributed by atoms with Crippen molar-refractivity contribution in [1.82, 2.24) is 10.3 Å².